The van der Waals surface area contributed by atoms with E-state index in [0.29, 0.717) is 23.1 Å². The molecule has 0 radical (unpaired) electrons. The number of nitrogens with zero attached hydrogens (tertiary/aromatic N) is 3. The van der Waals surface area contributed by atoms with Gasteiger partial charge in [0, 0.05) is 23.8 Å². The first-order valence-electron chi connectivity index (χ1n) is 7.28. The molecule has 8 heteroatoms. The van der Waals surface area contributed by atoms with Crippen LogP contribution in [0.4, 0.5) is 5.69 Å². The van der Waals surface area contributed by atoms with Crippen LogP contribution >= 0.6 is 11.8 Å². The minimum absolute atomic E-state index is 0.220. The number of hydrogen-bond acceptors (Lipinski definition) is 6. The van der Waals surface area contributed by atoms with E-state index < -0.39 is 6.04 Å². The van der Waals surface area contributed by atoms with E-state index in [0.717, 1.165) is 0 Å². The van der Waals surface area contributed by atoms with Crippen LogP contribution in [-0.2, 0) is 4.79 Å². The number of methoxy groups -OCH3 is 1. The van der Waals surface area contributed by atoms with E-state index in [2.05, 4.69) is 15.3 Å². The highest BCUT2D eigenvalue weighted by atomic mass is 32.2. The maximum absolute atomic E-state index is 12.5. The second-order valence-electron chi connectivity index (χ2n) is 5.10. The molecular weight excluding hydrogens is 328 g/mol. The summed E-state index contributed by atoms with van der Waals surface area (Å²) >= 11 is 1.53. The molecule has 0 spiro atoms. The first kappa shape index (κ1) is 16.3. The summed E-state index contributed by atoms with van der Waals surface area (Å²) in [5, 5.41) is 2.83. The van der Waals surface area contributed by atoms with Crippen molar-refractivity contribution < 1.29 is 14.3 Å². The van der Waals surface area contributed by atoms with Gasteiger partial charge in [-0.2, -0.15) is 0 Å². The highest BCUT2D eigenvalue weighted by Gasteiger charge is 2.35. The predicted octanol–water partition coefficient (Wildman–Crippen LogP) is 1.64. The van der Waals surface area contributed by atoms with Crippen LogP contribution in [0.15, 0.2) is 42.9 Å². The van der Waals surface area contributed by atoms with Crippen LogP contribution in [0.5, 0.6) is 5.75 Å². The highest BCUT2D eigenvalue weighted by molar-refractivity contribution is 7.99. The summed E-state index contributed by atoms with van der Waals surface area (Å²) in [4.78, 5) is 34.5. The van der Waals surface area contributed by atoms with Crippen molar-refractivity contribution in [2.24, 2.45) is 0 Å². The molecule has 1 aliphatic heterocycles. The van der Waals surface area contributed by atoms with E-state index in [1.54, 1.807) is 31.4 Å². The Balaban J connectivity index is 1.70. The number of carbonyl (C=O) groups is 2. The summed E-state index contributed by atoms with van der Waals surface area (Å²) in [5.74, 6) is 1.21. The van der Waals surface area contributed by atoms with E-state index >= 15 is 0 Å². The number of hydrogen-bond donors (Lipinski definition) is 1. The second kappa shape index (κ2) is 7.31. The summed E-state index contributed by atoms with van der Waals surface area (Å²) in [6, 6.07) is 6.51. The van der Waals surface area contributed by atoms with Gasteiger partial charge < -0.3 is 15.0 Å². The Labute approximate surface area is 143 Å². The number of amides is 2. The van der Waals surface area contributed by atoms with Crippen LogP contribution in [0.2, 0.25) is 0 Å². The topological polar surface area (TPSA) is 84.4 Å². The van der Waals surface area contributed by atoms with E-state index in [-0.39, 0.29) is 17.5 Å². The Morgan fingerprint density at radius 3 is 2.75 bits per heavy atom. The van der Waals surface area contributed by atoms with Gasteiger partial charge in [0.1, 0.15) is 17.5 Å². The molecule has 2 amide bonds. The van der Waals surface area contributed by atoms with Gasteiger partial charge in [-0.15, -0.1) is 11.8 Å². The van der Waals surface area contributed by atoms with Crippen molar-refractivity contribution in [3.63, 3.8) is 0 Å². The fraction of sp³-hybridized carbons (Fsp3) is 0.250. The molecule has 1 aromatic heterocycles. The Kier molecular flexibility index (Phi) is 4.95. The van der Waals surface area contributed by atoms with E-state index in [1.165, 1.54) is 35.3 Å². The quantitative estimate of drug-likeness (QED) is 0.908. The molecule has 0 saturated carbocycles. The Morgan fingerprint density at radius 1 is 1.29 bits per heavy atom. The van der Waals surface area contributed by atoms with Crippen LogP contribution in [0.25, 0.3) is 0 Å². The van der Waals surface area contributed by atoms with Crippen molar-refractivity contribution in [1.82, 2.24) is 14.9 Å². The number of nitrogens with one attached hydrogen (secondary N) is 1. The van der Waals surface area contributed by atoms with Crippen LogP contribution in [-0.4, -0.2) is 51.5 Å². The third-order valence-electron chi connectivity index (χ3n) is 3.59. The SMILES string of the molecule is COc1ccc(NC(=O)[C@@H]2CSCN2C(=O)c2cnccn2)cc1. The molecule has 7 nitrogen and oxygen atoms in total. The molecule has 3 rings (SSSR count). The largest absolute Gasteiger partial charge is 0.497 e. The number of benzene rings is 1. The lowest BCUT2D eigenvalue weighted by atomic mass is 10.2. The van der Waals surface area contributed by atoms with Crippen molar-refractivity contribution in [3.05, 3.63) is 48.5 Å². The third kappa shape index (κ3) is 3.48. The zero-order chi connectivity index (χ0) is 16.9. The molecule has 124 valence electrons. The lowest BCUT2D eigenvalue weighted by molar-refractivity contribution is -0.119. The van der Waals surface area contributed by atoms with Gasteiger partial charge in [0.25, 0.3) is 5.91 Å². The molecule has 0 bridgehead atoms. The summed E-state index contributed by atoms with van der Waals surface area (Å²) < 4.78 is 5.09. The molecule has 1 aliphatic rings. The number of ether oxygens (including phenoxy) is 1. The molecule has 2 heterocycles. The van der Waals surface area contributed by atoms with Crippen molar-refractivity contribution in [2.45, 2.75) is 6.04 Å². The first-order valence-corrected chi connectivity index (χ1v) is 8.44. The molecule has 1 atom stereocenters. The monoisotopic (exact) mass is 344 g/mol. The minimum atomic E-state index is -0.536. The Morgan fingerprint density at radius 2 is 2.08 bits per heavy atom. The van der Waals surface area contributed by atoms with Crippen LogP contribution in [0, 0.1) is 0 Å². The van der Waals surface area contributed by atoms with Crippen LogP contribution in [0.3, 0.4) is 0 Å². The molecule has 24 heavy (non-hydrogen) atoms. The van der Waals surface area contributed by atoms with Gasteiger partial charge in [0.15, 0.2) is 0 Å². The molecule has 1 N–H and O–H groups in total. The summed E-state index contributed by atoms with van der Waals surface area (Å²) in [6.07, 6.45) is 4.37. The molecule has 1 saturated heterocycles. The van der Waals surface area contributed by atoms with Crippen molar-refractivity contribution in [2.75, 3.05) is 24.1 Å². The van der Waals surface area contributed by atoms with Gasteiger partial charge in [0.2, 0.25) is 5.91 Å². The van der Waals surface area contributed by atoms with Crippen molar-refractivity contribution >= 4 is 29.3 Å². The van der Waals surface area contributed by atoms with Crippen molar-refractivity contribution in [3.8, 4) is 5.75 Å². The number of thioether (sulfide) groups is 1. The van der Waals surface area contributed by atoms with Gasteiger partial charge in [0.05, 0.1) is 19.2 Å². The number of carbonyl (C=O) groups excluding carboxylic acids is 2. The Hall–Kier alpha value is -2.61. The normalized spacial score (nSPS) is 16.7. The summed E-state index contributed by atoms with van der Waals surface area (Å²) in [5.41, 5.74) is 0.895. The number of anilines is 1. The predicted molar refractivity (Wildman–Crippen MR) is 90.9 cm³/mol. The van der Waals surface area contributed by atoms with Crippen molar-refractivity contribution in [1.29, 1.82) is 0 Å². The molecule has 1 fully saturated rings. The fourth-order valence-corrected chi connectivity index (χ4v) is 3.47. The third-order valence-corrected chi connectivity index (χ3v) is 4.60. The van der Waals surface area contributed by atoms with Gasteiger partial charge in [-0.3, -0.25) is 14.6 Å². The summed E-state index contributed by atoms with van der Waals surface area (Å²) in [6.45, 7) is 0. The van der Waals surface area contributed by atoms with Gasteiger partial charge in [-0.25, -0.2) is 4.98 Å². The highest BCUT2D eigenvalue weighted by Crippen LogP contribution is 2.24. The maximum Gasteiger partial charge on any atom is 0.275 e. The zero-order valence-electron chi connectivity index (χ0n) is 13.0. The van der Waals surface area contributed by atoms with Gasteiger partial charge in [-0.1, -0.05) is 0 Å². The molecule has 2 aromatic rings. The minimum Gasteiger partial charge on any atom is -0.497 e. The standard InChI is InChI=1S/C16H16N4O3S/c1-23-12-4-2-11(3-5-12)19-15(21)14-9-24-10-20(14)16(22)13-8-17-6-7-18-13/h2-8,14H,9-10H2,1H3,(H,19,21)/t14-/m0/s1. The lowest BCUT2D eigenvalue weighted by Crippen LogP contribution is -2.44. The second-order valence-corrected chi connectivity index (χ2v) is 6.10. The average molecular weight is 344 g/mol. The average Bonchev–Trinajstić information content (AvgIpc) is 3.12. The lowest BCUT2D eigenvalue weighted by Gasteiger charge is -2.22. The smallest absolute Gasteiger partial charge is 0.275 e. The maximum atomic E-state index is 12.5. The Bertz CT molecular complexity index is 724. The van der Waals surface area contributed by atoms with Gasteiger partial charge >= 0.3 is 0 Å². The fourth-order valence-electron chi connectivity index (χ4n) is 2.32. The van der Waals surface area contributed by atoms with E-state index in [4.69, 9.17) is 4.74 Å². The molecule has 0 unspecified atom stereocenters. The first-order chi connectivity index (χ1) is 11.7. The number of rotatable bonds is 4. The number of aromatic nitrogens is 2. The molecule has 1 aromatic carbocycles. The molecule has 0 aliphatic carbocycles. The van der Waals surface area contributed by atoms with Crippen LogP contribution in [0.1, 0.15) is 10.5 Å². The van der Waals surface area contributed by atoms with Crippen LogP contribution < -0.4 is 10.1 Å². The van der Waals surface area contributed by atoms with E-state index in [9.17, 15) is 9.59 Å². The zero-order valence-corrected chi connectivity index (χ0v) is 13.8. The molecular formula is C16H16N4O3S. The van der Waals surface area contributed by atoms with Gasteiger partial charge in [-0.05, 0) is 24.3 Å². The van der Waals surface area contributed by atoms with E-state index in [1.807, 2.05) is 0 Å². The summed E-state index contributed by atoms with van der Waals surface area (Å²) in [7, 11) is 1.58.